The molecule has 152 valence electrons. The van der Waals surface area contributed by atoms with Gasteiger partial charge in [-0.3, -0.25) is 24.1 Å². The van der Waals surface area contributed by atoms with Crippen LogP contribution in [0.15, 0.2) is 24.3 Å². The van der Waals surface area contributed by atoms with Gasteiger partial charge in [-0.1, -0.05) is 19.1 Å². The minimum Gasteiger partial charge on any atom is -0.491 e. The van der Waals surface area contributed by atoms with E-state index in [2.05, 4.69) is 10.6 Å². The molecular formula is C19H25N3O6. The van der Waals surface area contributed by atoms with Gasteiger partial charge in [0.15, 0.2) is 6.61 Å². The monoisotopic (exact) mass is 391 g/mol. The number of carbonyl (C=O) groups excluding carboxylic acids is 4. The summed E-state index contributed by atoms with van der Waals surface area (Å²) in [6.07, 6.45) is 0.917. The quantitative estimate of drug-likeness (QED) is 0.619. The number of anilines is 1. The lowest BCUT2D eigenvalue weighted by Gasteiger charge is -2.21. The predicted molar refractivity (Wildman–Crippen MR) is 101 cm³/mol. The number of amides is 3. The Kier molecular flexibility index (Phi) is 7.79. The Labute approximate surface area is 163 Å². The topological polar surface area (TPSA) is 114 Å². The highest BCUT2D eigenvalue weighted by Gasteiger charge is 2.26. The first-order chi connectivity index (χ1) is 13.4. The average molecular weight is 391 g/mol. The van der Waals surface area contributed by atoms with E-state index in [-0.39, 0.29) is 31.4 Å². The Bertz CT molecular complexity index is 736. The summed E-state index contributed by atoms with van der Waals surface area (Å²) in [5.41, 5.74) is 0.479. The van der Waals surface area contributed by atoms with Crippen LogP contribution in [0.5, 0.6) is 5.75 Å². The number of fused-ring (bicyclic) bond motifs is 1. The van der Waals surface area contributed by atoms with Gasteiger partial charge in [-0.15, -0.1) is 0 Å². The smallest absolute Gasteiger partial charge is 0.326 e. The molecule has 0 unspecified atom stereocenters. The van der Waals surface area contributed by atoms with Crippen molar-refractivity contribution >= 4 is 29.4 Å². The molecule has 9 nitrogen and oxygen atoms in total. The van der Waals surface area contributed by atoms with E-state index in [1.165, 1.54) is 11.8 Å². The highest BCUT2D eigenvalue weighted by Crippen LogP contribution is 2.30. The third-order valence-corrected chi connectivity index (χ3v) is 4.00. The van der Waals surface area contributed by atoms with Gasteiger partial charge in [0.1, 0.15) is 18.3 Å². The molecule has 0 fully saturated rings. The number of benzene rings is 1. The molecule has 1 aromatic rings. The van der Waals surface area contributed by atoms with Crippen LogP contribution < -0.4 is 20.3 Å². The fourth-order valence-electron chi connectivity index (χ4n) is 2.56. The second-order valence-corrected chi connectivity index (χ2v) is 6.29. The fraction of sp³-hybridized carbons (Fsp3) is 0.474. The molecule has 9 heteroatoms. The molecule has 0 aliphatic carbocycles. The molecule has 0 spiro atoms. The summed E-state index contributed by atoms with van der Waals surface area (Å²) >= 11 is 0. The van der Waals surface area contributed by atoms with E-state index in [9.17, 15) is 19.2 Å². The minimum absolute atomic E-state index is 0.132. The maximum absolute atomic E-state index is 12.3. The van der Waals surface area contributed by atoms with E-state index in [0.717, 1.165) is 6.42 Å². The molecule has 1 heterocycles. The van der Waals surface area contributed by atoms with Crippen LogP contribution in [0.25, 0.3) is 0 Å². The van der Waals surface area contributed by atoms with E-state index in [4.69, 9.17) is 9.47 Å². The lowest BCUT2D eigenvalue weighted by molar-refractivity contribution is -0.148. The van der Waals surface area contributed by atoms with E-state index in [1.54, 1.807) is 24.3 Å². The number of esters is 1. The van der Waals surface area contributed by atoms with Crippen molar-refractivity contribution in [3.8, 4) is 5.75 Å². The molecule has 1 atom stereocenters. The van der Waals surface area contributed by atoms with Gasteiger partial charge in [-0.25, -0.2) is 0 Å². The molecule has 1 aliphatic heterocycles. The van der Waals surface area contributed by atoms with Gasteiger partial charge < -0.3 is 20.1 Å². The average Bonchev–Trinajstić information content (AvgIpc) is 2.83. The number of para-hydroxylation sites is 2. The molecule has 28 heavy (non-hydrogen) atoms. The molecule has 1 aromatic carbocycles. The van der Waals surface area contributed by atoms with Crippen LogP contribution in [-0.4, -0.2) is 56.0 Å². The van der Waals surface area contributed by atoms with Crippen LogP contribution in [0.4, 0.5) is 5.69 Å². The van der Waals surface area contributed by atoms with E-state index in [1.807, 2.05) is 6.92 Å². The molecular weight excluding hydrogens is 366 g/mol. The summed E-state index contributed by atoms with van der Waals surface area (Å²) in [6.45, 7) is 3.33. The van der Waals surface area contributed by atoms with Crippen LogP contribution >= 0.6 is 0 Å². The zero-order valence-corrected chi connectivity index (χ0v) is 16.0. The number of carbonyl (C=O) groups is 4. The van der Waals surface area contributed by atoms with Gasteiger partial charge in [-0.2, -0.15) is 0 Å². The zero-order chi connectivity index (χ0) is 20.5. The molecule has 2 rings (SSSR count). The third kappa shape index (κ3) is 5.97. The van der Waals surface area contributed by atoms with Crippen LogP contribution in [0, 0.1) is 0 Å². The van der Waals surface area contributed by atoms with Gasteiger partial charge in [-0.05, 0) is 25.5 Å². The van der Waals surface area contributed by atoms with Gasteiger partial charge in [0, 0.05) is 6.54 Å². The second kappa shape index (κ2) is 10.3. The van der Waals surface area contributed by atoms with Gasteiger partial charge in [0.2, 0.25) is 11.8 Å². The van der Waals surface area contributed by atoms with Crippen molar-refractivity contribution in [3.63, 3.8) is 0 Å². The highest BCUT2D eigenvalue weighted by atomic mass is 16.5. The Morgan fingerprint density at radius 1 is 1.29 bits per heavy atom. The summed E-state index contributed by atoms with van der Waals surface area (Å²) in [6, 6.07) is 6.15. The van der Waals surface area contributed by atoms with Gasteiger partial charge in [0.05, 0.1) is 18.7 Å². The van der Waals surface area contributed by atoms with Crippen molar-refractivity contribution in [2.75, 3.05) is 31.2 Å². The lowest BCUT2D eigenvalue weighted by Crippen LogP contribution is -2.46. The molecule has 0 aromatic heterocycles. The predicted octanol–water partition coefficient (Wildman–Crippen LogP) is 0.376. The summed E-state index contributed by atoms with van der Waals surface area (Å²) in [7, 11) is 0. The second-order valence-electron chi connectivity index (χ2n) is 6.29. The lowest BCUT2D eigenvalue weighted by atomic mass is 10.2. The summed E-state index contributed by atoms with van der Waals surface area (Å²) in [4.78, 5) is 49.3. The number of hydrogen-bond acceptors (Lipinski definition) is 6. The maximum atomic E-state index is 12.3. The van der Waals surface area contributed by atoms with Gasteiger partial charge >= 0.3 is 5.97 Å². The Hall–Kier alpha value is -3.10. The Balaban J connectivity index is 1.86. The minimum atomic E-state index is -0.742. The number of nitrogens with one attached hydrogen (secondary N) is 2. The number of hydrogen-bond donors (Lipinski definition) is 2. The first-order valence-corrected chi connectivity index (χ1v) is 9.17. The van der Waals surface area contributed by atoms with Crippen molar-refractivity contribution in [2.45, 2.75) is 32.7 Å². The Morgan fingerprint density at radius 2 is 2.04 bits per heavy atom. The van der Waals surface area contributed by atoms with Crippen molar-refractivity contribution in [2.24, 2.45) is 0 Å². The maximum Gasteiger partial charge on any atom is 0.326 e. The van der Waals surface area contributed by atoms with Crippen LogP contribution in [-0.2, 0) is 23.9 Å². The fourth-order valence-corrected chi connectivity index (χ4v) is 2.56. The normalized spacial score (nSPS) is 14.2. The first-order valence-electron chi connectivity index (χ1n) is 9.17. The van der Waals surface area contributed by atoms with E-state index < -0.39 is 24.5 Å². The Morgan fingerprint density at radius 3 is 2.79 bits per heavy atom. The van der Waals surface area contributed by atoms with Crippen LogP contribution in [0.1, 0.15) is 26.7 Å². The SMILES string of the molecule is CCCNC(=O)[C@@H](C)NC(=O)COC(=O)CN1C(=O)CCOc2ccccc21. The summed E-state index contributed by atoms with van der Waals surface area (Å²) in [5.74, 6) is -1.41. The summed E-state index contributed by atoms with van der Waals surface area (Å²) < 4.78 is 10.5. The van der Waals surface area contributed by atoms with Crippen molar-refractivity contribution in [1.29, 1.82) is 0 Å². The van der Waals surface area contributed by atoms with Crippen molar-refractivity contribution < 1.29 is 28.7 Å². The molecule has 3 amide bonds. The zero-order valence-electron chi connectivity index (χ0n) is 16.0. The molecule has 0 saturated heterocycles. The standard InChI is InChI=1S/C19H25N3O6/c1-3-9-20-19(26)13(2)21-16(23)12-28-18(25)11-22-14-6-4-5-7-15(14)27-10-8-17(22)24/h4-7,13H,3,8-12H2,1-2H3,(H,20,26)(H,21,23)/t13-/m1/s1. The largest absolute Gasteiger partial charge is 0.491 e. The van der Waals surface area contributed by atoms with Crippen molar-refractivity contribution in [1.82, 2.24) is 10.6 Å². The highest BCUT2D eigenvalue weighted by molar-refractivity contribution is 5.99. The number of nitrogens with zero attached hydrogens (tertiary/aromatic N) is 1. The molecule has 2 N–H and O–H groups in total. The van der Waals surface area contributed by atoms with E-state index >= 15 is 0 Å². The molecule has 1 aliphatic rings. The third-order valence-electron chi connectivity index (χ3n) is 4.00. The molecule has 0 saturated carbocycles. The summed E-state index contributed by atoms with van der Waals surface area (Å²) in [5, 5.41) is 5.11. The molecule has 0 bridgehead atoms. The molecule has 0 radical (unpaired) electrons. The van der Waals surface area contributed by atoms with Crippen molar-refractivity contribution in [3.05, 3.63) is 24.3 Å². The number of ether oxygens (including phenoxy) is 2. The first kappa shape index (κ1) is 21.2. The van der Waals surface area contributed by atoms with Crippen LogP contribution in [0.2, 0.25) is 0 Å². The van der Waals surface area contributed by atoms with E-state index in [0.29, 0.717) is 18.0 Å². The van der Waals surface area contributed by atoms with Crippen LogP contribution in [0.3, 0.4) is 0 Å². The van der Waals surface area contributed by atoms with Gasteiger partial charge in [0.25, 0.3) is 5.91 Å². The number of rotatable bonds is 8.